The Kier molecular flexibility index (Phi) is 4.40. The van der Waals surface area contributed by atoms with Crippen molar-refractivity contribution in [1.82, 2.24) is 9.97 Å². The molecular formula is C16H15N3OS2. The number of rotatable bonds is 4. The minimum absolute atomic E-state index is 0.0565. The highest BCUT2D eigenvalue weighted by Crippen LogP contribution is 2.30. The third kappa shape index (κ3) is 2.71. The van der Waals surface area contributed by atoms with Crippen LogP contribution in [0.1, 0.15) is 17.3 Å². The number of benzene rings is 1. The Labute approximate surface area is 137 Å². The van der Waals surface area contributed by atoms with Gasteiger partial charge in [-0.1, -0.05) is 23.5 Å². The molecule has 0 aliphatic heterocycles. The maximum atomic E-state index is 12.9. The van der Waals surface area contributed by atoms with E-state index in [2.05, 4.69) is 9.97 Å². The SMILES string of the molecule is CCN(C(=O)c1cccnc1SC)c1nc2ccccc2s1. The lowest BCUT2D eigenvalue weighted by Gasteiger charge is -2.18. The van der Waals surface area contributed by atoms with Crippen molar-refractivity contribution in [2.45, 2.75) is 11.9 Å². The van der Waals surface area contributed by atoms with Crippen LogP contribution in [0.3, 0.4) is 0 Å². The number of amides is 1. The molecule has 2 aromatic heterocycles. The summed E-state index contributed by atoms with van der Waals surface area (Å²) in [4.78, 5) is 23.4. The Morgan fingerprint density at radius 3 is 2.82 bits per heavy atom. The maximum absolute atomic E-state index is 12.9. The van der Waals surface area contributed by atoms with Crippen LogP contribution in [-0.4, -0.2) is 28.7 Å². The second kappa shape index (κ2) is 6.46. The van der Waals surface area contributed by atoms with Crippen molar-refractivity contribution in [2.24, 2.45) is 0 Å². The van der Waals surface area contributed by atoms with E-state index in [1.807, 2.05) is 43.5 Å². The molecular weight excluding hydrogens is 314 g/mol. The van der Waals surface area contributed by atoms with Gasteiger partial charge in [-0.3, -0.25) is 9.69 Å². The van der Waals surface area contributed by atoms with Gasteiger partial charge in [0.25, 0.3) is 5.91 Å². The van der Waals surface area contributed by atoms with E-state index in [1.54, 1.807) is 17.2 Å². The first-order chi connectivity index (χ1) is 10.7. The third-order valence-electron chi connectivity index (χ3n) is 3.27. The van der Waals surface area contributed by atoms with Crippen molar-refractivity contribution < 1.29 is 4.79 Å². The Balaban J connectivity index is 2.01. The summed E-state index contributed by atoms with van der Waals surface area (Å²) in [6, 6.07) is 11.5. The van der Waals surface area contributed by atoms with Gasteiger partial charge in [0.2, 0.25) is 0 Å². The molecule has 0 saturated carbocycles. The van der Waals surface area contributed by atoms with Gasteiger partial charge in [0.15, 0.2) is 5.13 Å². The fraction of sp³-hybridized carbons (Fsp3) is 0.188. The zero-order valence-electron chi connectivity index (χ0n) is 12.3. The maximum Gasteiger partial charge on any atom is 0.262 e. The Morgan fingerprint density at radius 2 is 2.09 bits per heavy atom. The molecule has 4 nitrogen and oxygen atoms in total. The van der Waals surface area contributed by atoms with Crippen molar-refractivity contribution in [3.8, 4) is 0 Å². The molecule has 0 radical (unpaired) electrons. The summed E-state index contributed by atoms with van der Waals surface area (Å²) in [6.07, 6.45) is 3.63. The molecule has 6 heteroatoms. The normalized spacial score (nSPS) is 10.8. The van der Waals surface area contributed by atoms with Crippen LogP contribution in [0.4, 0.5) is 5.13 Å². The zero-order chi connectivity index (χ0) is 15.5. The highest BCUT2D eigenvalue weighted by Gasteiger charge is 2.22. The molecule has 0 aliphatic carbocycles. The van der Waals surface area contributed by atoms with Crippen molar-refractivity contribution >= 4 is 44.4 Å². The largest absolute Gasteiger partial charge is 0.284 e. The molecule has 112 valence electrons. The average Bonchev–Trinajstić information content (AvgIpc) is 2.98. The van der Waals surface area contributed by atoms with Crippen LogP contribution < -0.4 is 4.90 Å². The number of anilines is 1. The van der Waals surface area contributed by atoms with Crippen LogP contribution in [0.15, 0.2) is 47.6 Å². The number of thiazole rings is 1. The molecule has 0 spiro atoms. The van der Waals surface area contributed by atoms with Gasteiger partial charge in [0, 0.05) is 12.7 Å². The molecule has 22 heavy (non-hydrogen) atoms. The number of hydrogen-bond acceptors (Lipinski definition) is 5. The van der Waals surface area contributed by atoms with Crippen molar-refractivity contribution in [2.75, 3.05) is 17.7 Å². The van der Waals surface area contributed by atoms with E-state index in [9.17, 15) is 4.79 Å². The van der Waals surface area contributed by atoms with E-state index in [0.717, 1.165) is 20.4 Å². The second-order valence-electron chi connectivity index (χ2n) is 4.57. The van der Waals surface area contributed by atoms with Gasteiger partial charge in [-0.05, 0) is 37.4 Å². The first-order valence-electron chi connectivity index (χ1n) is 6.91. The van der Waals surface area contributed by atoms with Crippen LogP contribution >= 0.6 is 23.1 Å². The van der Waals surface area contributed by atoms with E-state index >= 15 is 0 Å². The molecule has 1 aromatic carbocycles. The van der Waals surface area contributed by atoms with E-state index in [4.69, 9.17) is 0 Å². The van der Waals surface area contributed by atoms with Crippen LogP contribution in [0, 0.1) is 0 Å². The van der Waals surface area contributed by atoms with Crippen LogP contribution in [0.25, 0.3) is 10.2 Å². The monoisotopic (exact) mass is 329 g/mol. The lowest BCUT2D eigenvalue weighted by Crippen LogP contribution is -2.31. The molecule has 3 rings (SSSR count). The zero-order valence-corrected chi connectivity index (χ0v) is 13.9. The molecule has 0 bridgehead atoms. The number of pyridine rings is 1. The van der Waals surface area contributed by atoms with E-state index in [0.29, 0.717) is 12.1 Å². The van der Waals surface area contributed by atoms with Gasteiger partial charge in [0.05, 0.1) is 15.8 Å². The first-order valence-corrected chi connectivity index (χ1v) is 8.95. The molecule has 2 heterocycles. The molecule has 0 atom stereocenters. The predicted octanol–water partition coefficient (Wildman–Crippen LogP) is 4.08. The Morgan fingerprint density at radius 1 is 1.27 bits per heavy atom. The molecule has 0 saturated heterocycles. The molecule has 0 fully saturated rings. The number of para-hydroxylation sites is 1. The van der Waals surface area contributed by atoms with Gasteiger partial charge >= 0.3 is 0 Å². The second-order valence-corrected chi connectivity index (χ2v) is 6.38. The highest BCUT2D eigenvalue weighted by molar-refractivity contribution is 7.98. The third-order valence-corrected chi connectivity index (χ3v) is 5.04. The molecule has 0 aliphatic rings. The minimum atomic E-state index is -0.0565. The molecule has 3 aromatic rings. The van der Waals surface area contributed by atoms with Gasteiger partial charge in [-0.15, -0.1) is 11.8 Å². The van der Waals surface area contributed by atoms with Gasteiger partial charge in [0.1, 0.15) is 5.03 Å². The summed E-state index contributed by atoms with van der Waals surface area (Å²) >= 11 is 3.01. The number of hydrogen-bond donors (Lipinski definition) is 0. The van der Waals surface area contributed by atoms with Gasteiger partial charge < -0.3 is 0 Å². The average molecular weight is 329 g/mol. The van der Waals surface area contributed by atoms with Crippen LogP contribution in [0.5, 0.6) is 0 Å². The number of fused-ring (bicyclic) bond motifs is 1. The lowest BCUT2D eigenvalue weighted by molar-refractivity contribution is 0.0985. The Hall–Kier alpha value is -1.92. The standard InChI is InChI=1S/C16H15N3OS2/c1-3-19(15(20)11-7-6-10-17-14(11)21-2)16-18-12-8-4-5-9-13(12)22-16/h4-10H,3H2,1-2H3. The summed E-state index contributed by atoms with van der Waals surface area (Å²) in [5.74, 6) is -0.0565. The molecule has 0 N–H and O–H groups in total. The van der Waals surface area contributed by atoms with Gasteiger partial charge in [-0.25, -0.2) is 9.97 Å². The number of aromatic nitrogens is 2. The van der Waals surface area contributed by atoms with Crippen LogP contribution in [-0.2, 0) is 0 Å². The smallest absolute Gasteiger partial charge is 0.262 e. The van der Waals surface area contributed by atoms with Crippen molar-refractivity contribution in [3.63, 3.8) is 0 Å². The number of nitrogens with zero attached hydrogens (tertiary/aromatic N) is 3. The summed E-state index contributed by atoms with van der Waals surface area (Å²) < 4.78 is 1.08. The number of carbonyl (C=O) groups excluding carboxylic acids is 1. The predicted molar refractivity (Wildman–Crippen MR) is 93.0 cm³/mol. The van der Waals surface area contributed by atoms with Crippen LogP contribution in [0.2, 0.25) is 0 Å². The van der Waals surface area contributed by atoms with E-state index in [1.165, 1.54) is 23.1 Å². The molecule has 0 unspecified atom stereocenters. The summed E-state index contributed by atoms with van der Waals surface area (Å²) in [5, 5.41) is 1.47. The summed E-state index contributed by atoms with van der Waals surface area (Å²) in [7, 11) is 0. The quantitative estimate of drug-likeness (QED) is 0.677. The van der Waals surface area contributed by atoms with Crippen molar-refractivity contribution in [3.05, 3.63) is 48.2 Å². The fourth-order valence-corrected chi connectivity index (χ4v) is 3.77. The number of thioether (sulfide) groups is 1. The van der Waals surface area contributed by atoms with E-state index < -0.39 is 0 Å². The van der Waals surface area contributed by atoms with E-state index in [-0.39, 0.29) is 5.91 Å². The fourth-order valence-electron chi connectivity index (χ4n) is 2.20. The first kappa shape index (κ1) is 15.0. The highest BCUT2D eigenvalue weighted by atomic mass is 32.2. The topological polar surface area (TPSA) is 46.1 Å². The minimum Gasteiger partial charge on any atom is -0.284 e. The van der Waals surface area contributed by atoms with Crippen molar-refractivity contribution in [1.29, 1.82) is 0 Å². The molecule has 1 amide bonds. The summed E-state index contributed by atoms with van der Waals surface area (Å²) in [6.45, 7) is 2.53. The summed E-state index contributed by atoms with van der Waals surface area (Å²) in [5.41, 5.74) is 1.54. The van der Waals surface area contributed by atoms with Gasteiger partial charge in [-0.2, -0.15) is 0 Å². The number of carbonyl (C=O) groups is 1. The lowest BCUT2D eigenvalue weighted by atomic mass is 10.2. The Bertz CT molecular complexity index is 783.